The van der Waals surface area contributed by atoms with E-state index in [1.54, 1.807) is 13.8 Å². The molecule has 0 saturated carbocycles. The van der Waals surface area contributed by atoms with Crippen LogP contribution in [0.5, 0.6) is 0 Å². The molecule has 0 aromatic carbocycles. The lowest BCUT2D eigenvalue weighted by atomic mass is 10.1. The highest BCUT2D eigenvalue weighted by Gasteiger charge is 2.11. The molecule has 0 heterocycles. The van der Waals surface area contributed by atoms with Crippen molar-refractivity contribution in [1.82, 2.24) is 0 Å². The fourth-order valence-electron chi connectivity index (χ4n) is 0.530. The number of carbonyl (C=O) groups is 1. The van der Waals surface area contributed by atoms with Crippen molar-refractivity contribution in [3.05, 3.63) is 0 Å². The Kier molecular flexibility index (Phi) is 5.88. The number of hydrogen-bond donors (Lipinski definition) is 2. The maximum Gasteiger partial charge on any atom is 0.160 e. The Morgan fingerprint density at radius 3 is 2.17 bits per heavy atom. The van der Waals surface area contributed by atoms with Crippen molar-refractivity contribution in [3.8, 4) is 0 Å². The van der Waals surface area contributed by atoms with E-state index in [1.165, 1.54) is 0 Å². The zero-order valence-corrected chi connectivity index (χ0v) is 7.49. The molecule has 12 heavy (non-hydrogen) atoms. The minimum Gasteiger partial charge on any atom is -0.394 e. The lowest BCUT2D eigenvalue weighted by Gasteiger charge is -2.12. The molecule has 0 aliphatic carbocycles. The molecule has 2 N–H and O–H groups in total. The van der Waals surface area contributed by atoms with E-state index in [-0.39, 0.29) is 31.5 Å². The first kappa shape index (κ1) is 11.6. The van der Waals surface area contributed by atoms with Crippen LogP contribution in [0.4, 0.5) is 0 Å². The SMILES string of the molecule is CC(C)C(=O)COC(CO)CO. The van der Waals surface area contributed by atoms with Gasteiger partial charge in [-0.25, -0.2) is 0 Å². The first-order valence-corrected chi connectivity index (χ1v) is 3.97. The van der Waals surface area contributed by atoms with E-state index < -0.39 is 6.10 Å². The molecule has 0 radical (unpaired) electrons. The van der Waals surface area contributed by atoms with Crippen LogP contribution in [0.3, 0.4) is 0 Å². The van der Waals surface area contributed by atoms with Crippen LogP contribution in [0.2, 0.25) is 0 Å². The molecule has 4 nitrogen and oxygen atoms in total. The van der Waals surface area contributed by atoms with Crippen LogP contribution in [0.15, 0.2) is 0 Å². The van der Waals surface area contributed by atoms with Crippen LogP contribution in [0.1, 0.15) is 13.8 Å². The van der Waals surface area contributed by atoms with Crippen molar-refractivity contribution >= 4 is 5.78 Å². The summed E-state index contributed by atoms with van der Waals surface area (Å²) in [6, 6.07) is 0. The van der Waals surface area contributed by atoms with Crippen molar-refractivity contribution < 1.29 is 19.7 Å². The smallest absolute Gasteiger partial charge is 0.160 e. The fourth-order valence-corrected chi connectivity index (χ4v) is 0.530. The molecule has 0 aromatic rings. The zero-order valence-electron chi connectivity index (χ0n) is 7.49. The molecule has 0 saturated heterocycles. The minimum atomic E-state index is -0.632. The third kappa shape index (κ3) is 4.43. The standard InChI is InChI=1S/C8H16O4/c1-6(2)8(11)5-12-7(3-9)4-10/h6-7,9-10H,3-5H2,1-2H3. The molecule has 0 spiro atoms. The van der Waals surface area contributed by atoms with E-state index in [9.17, 15) is 4.79 Å². The predicted octanol–water partition coefficient (Wildman–Crippen LogP) is -0.419. The minimum absolute atomic E-state index is 0.0260. The van der Waals surface area contributed by atoms with Crippen LogP contribution < -0.4 is 0 Å². The molecule has 0 aliphatic rings. The Morgan fingerprint density at radius 1 is 1.33 bits per heavy atom. The average Bonchev–Trinajstić information content (AvgIpc) is 2.05. The third-order valence-electron chi connectivity index (χ3n) is 1.51. The van der Waals surface area contributed by atoms with Gasteiger partial charge >= 0.3 is 0 Å². The molecular formula is C8H16O4. The van der Waals surface area contributed by atoms with Gasteiger partial charge in [0.2, 0.25) is 0 Å². The summed E-state index contributed by atoms with van der Waals surface area (Å²) in [6.07, 6.45) is -0.632. The van der Waals surface area contributed by atoms with Crippen molar-refractivity contribution in [2.45, 2.75) is 20.0 Å². The predicted molar refractivity (Wildman–Crippen MR) is 43.8 cm³/mol. The van der Waals surface area contributed by atoms with Crippen LogP contribution in [0, 0.1) is 5.92 Å². The Balaban J connectivity index is 3.59. The van der Waals surface area contributed by atoms with E-state index in [2.05, 4.69) is 0 Å². The quantitative estimate of drug-likeness (QED) is 0.577. The topological polar surface area (TPSA) is 66.8 Å². The molecule has 0 bridgehead atoms. The van der Waals surface area contributed by atoms with E-state index in [0.29, 0.717) is 0 Å². The highest BCUT2D eigenvalue weighted by molar-refractivity contribution is 5.81. The summed E-state index contributed by atoms with van der Waals surface area (Å²) < 4.78 is 4.91. The third-order valence-corrected chi connectivity index (χ3v) is 1.51. The Morgan fingerprint density at radius 2 is 1.83 bits per heavy atom. The highest BCUT2D eigenvalue weighted by atomic mass is 16.5. The first-order valence-electron chi connectivity index (χ1n) is 3.97. The molecule has 4 heteroatoms. The second-order valence-electron chi connectivity index (χ2n) is 2.92. The zero-order chi connectivity index (χ0) is 9.56. The second-order valence-corrected chi connectivity index (χ2v) is 2.92. The Hall–Kier alpha value is -0.450. The number of ether oxygens (including phenoxy) is 1. The monoisotopic (exact) mass is 176 g/mol. The Bertz CT molecular complexity index is 129. The number of aliphatic hydroxyl groups is 2. The molecule has 0 fully saturated rings. The van der Waals surface area contributed by atoms with Crippen LogP contribution in [-0.4, -0.2) is 41.9 Å². The summed E-state index contributed by atoms with van der Waals surface area (Å²) >= 11 is 0. The van der Waals surface area contributed by atoms with Gasteiger partial charge in [-0.3, -0.25) is 4.79 Å². The summed E-state index contributed by atoms with van der Waals surface area (Å²) in [5.41, 5.74) is 0. The maximum atomic E-state index is 11.0. The lowest BCUT2D eigenvalue weighted by molar-refractivity contribution is -0.130. The number of hydrogen-bond acceptors (Lipinski definition) is 4. The van der Waals surface area contributed by atoms with Gasteiger partial charge in [-0.1, -0.05) is 13.8 Å². The van der Waals surface area contributed by atoms with Gasteiger partial charge in [-0.2, -0.15) is 0 Å². The number of carbonyl (C=O) groups excluding carboxylic acids is 1. The van der Waals surface area contributed by atoms with E-state index in [4.69, 9.17) is 14.9 Å². The van der Waals surface area contributed by atoms with Gasteiger partial charge < -0.3 is 14.9 Å². The van der Waals surface area contributed by atoms with Gasteiger partial charge in [-0.15, -0.1) is 0 Å². The highest BCUT2D eigenvalue weighted by Crippen LogP contribution is 1.97. The van der Waals surface area contributed by atoms with E-state index in [0.717, 1.165) is 0 Å². The normalized spacial score (nSPS) is 11.2. The molecule has 72 valence electrons. The summed E-state index contributed by atoms with van der Waals surface area (Å²) in [5, 5.41) is 17.2. The van der Waals surface area contributed by atoms with Gasteiger partial charge in [-0.05, 0) is 0 Å². The van der Waals surface area contributed by atoms with Crippen LogP contribution >= 0.6 is 0 Å². The number of aliphatic hydroxyl groups excluding tert-OH is 2. The van der Waals surface area contributed by atoms with Crippen molar-refractivity contribution in [3.63, 3.8) is 0 Å². The fraction of sp³-hybridized carbons (Fsp3) is 0.875. The van der Waals surface area contributed by atoms with Gasteiger partial charge in [0, 0.05) is 5.92 Å². The van der Waals surface area contributed by atoms with E-state index in [1.807, 2.05) is 0 Å². The van der Waals surface area contributed by atoms with Gasteiger partial charge in [0.25, 0.3) is 0 Å². The van der Waals surface area contributed by atoms with Crippen LogP contribution in [0.25, 0.3) is 0 Å². The van der Waals surface area contributed by atoms with Gasteiger partial charge in [0.05, 0.1) is 13.2 Å². The molecule has 0 rings (SSSR count). The van der Waals surface area contributed by atoms with Gasteiger partial charge in [0.15, 0.2) is 5.78 Å². The van der Waals surface area contributed by atoms with Crippen LogP contribution in [-0.2, 0) is 9.53 Å². The average molecular weight is 176 g/mol. The maximum absolute atomic E-state index is 11.0. The summed E-state index contributed by atoms with van der Waals surface area (Å²) in [7, 11) is 0. The summed E-state index contributed by atoms with van der Waals surface area (Å²) in [4.78, 5) is 11.0. The van der Waals surface area contributed by atoms with E-state index >= 15 is 0 Å². The lowest BCUT2D eigenvalue weighted by Crippen LogP contribution is -2.26. The number of rotatable bonds is 6. The molecule has 0 amide bonds. The molecule has 0 aromatic heterocycles. The first-order chi connectivity index (χ1) is 5.61. The molecule has 0 unspecified atom stereocenters. The molecule has 0 atom stereocenters. The summed E-state index contributed by atoms with van der Waals surface area (Å²) in [5.74, 6) is -0.0927. The Labute approximate surface area is 72.2 Å². The number of Topliss-reactive ketones (excluding diaryl/α,β-unsaturated/α-hetero) is 1. The number of ketones is 1. The second kappa shape index (κ2) is 6.11. The van der Waals surface area contributed by atoms with Crippen molar-refractivity contribution in [2.24, 2.45) is 5.92 Å². The largest absolute Gasteiger partial charge is 0.394 e. The molecular weight excluding hydrogens is 160 g/mol. The van der Waals surface area contributed by atoms with Crippen molar-refractivity contribution in [2.75, 3.05) is 19.8 Å². The van der Waals surface area contributed by atoms with Gasteiger partial charge in [0.1, 0.15) is 12.7 Å². The summed E-state index contributed by atoms with van der Waals surface area (Å²) in [6.45, 7) is 2.99. The van der Waals surface area contributed by atoms with Crippen molar-refractivity contribution in [1.29, 1.82) is 0 Å². The molecule has 0 aliphatic heterocycles.